The third-order valence-corrected chi connectivity index (χ3v) is 4.97. The zero-order valence-electron chi connectivity index (χ0n) is 16.6. The lowest BCUT2D eigenvalue weighted by atomic mass is 10.0. The van der Waals surface area contributed by atoms with Gasteiger partial charge in [0, 0.05) is 31.1 Å². The van der Waals surface area contributed by atoms with Gasteiger partial charge >= 0.3 is 5.97 Å². The average Bonchev–Trinajstić information content (AvgIpc) is 3.19. The van der Waals surface area contributed by atoms with Crippen LogP contribution in [-0.4, -0.2) is 17.8 Å². The minimum Gasteiger partial charge on any atom is -0.427 e. The Morgan fingerprint density at radius 1 is 1.03 bits per heavy atom. The summed E-state index contributed by atoms with van der Waals surface area (Å²) >= 11 is 0. The topological polar surface area (TPSA) is 84.5 Å². The van der Waals surface area contributed by atoms with Gasteiger partial charge in [-0.05, 0) is 54.7 Å². The number of esters is 1. The second kappa shape index (κ2) is 9.87. The van der Waals surface area contributed by atoms with E-state index in [1.165, 1.54) is 25.8 Å². The monoisotopic (exact) mass is 394 g/mol. The lowest BCUT2D eigenvalue weighted by Gasteiger charge is -2.11. The van der Waals surface area contributed by atoms with Crippen molar-refractivity contribution < 1.29 is 19.1 Å². The third kappa shape index (κ3) is 6.45. The van der Waals surface area contributed by atoms with Gasteiger partial charge in [0.2, 0.25) is 5.91 Å². The Bertz CT molecular complexity index is 888. The zero-order valence-corrected chi connectivity index (χ0v) is 16.6. The highest BCUT2D eigenvalue weighted by Crippen LogP contribution is 2.27. The van der Waals surface area contributed by atoms with Gasteiger partial charge in [-0.2, -0.15) is 0 Å². The number of hydrogen-bond donors (Lipinski definition) is 2. The van der Waals surface area contributed by atoms with E-state index >= 15 is 0 Å². The molecule has 0 heterocycles. The summed E-state index contributed by atoms with van der Waals surface area (Å²) in [5.74, 6) is 0.168. The van der Waals surface area contributed by atoms with Gasteiger partial charge in [-0.25, -0.2) is 0 Å². The summed E-state index contributed by atoms with van der Waals surface area (Å²) in [6.07, 6.45) is 5.28. The van der Waals surface area contributed by atoms with Crippen molar-refractivity contribution in [2.45, 2.75) is 45.6 Å². The summed E-state index contributed by atoms with van der Waals surface area (Å²) < 4.78 is 5.01. The molecule has 0 radical (unpaired) electrons. The van der Waals surface area contributed by atoms with Gasteiger partial charge in [-0.15, -0.1) is 0 Å². The first-order valence-corrected chi connectivity index (χ1v) is 9.95. The fourth-order valence-electron chi connectivity index (χ4n) is 3.60. The number of carbonyl (C=O) groups is 3. The molecule has 2 amide bonds. The second-order valence-corrected chi connectivity index (χ2v) is 7.41. The third-order valence-electron chi connectivity index (χ3n) is 4.97. The van der Waals surface area contributed by atoms with Crippen LogP contribution >= 0.6 is 0 Å². The molecule has 0 aliphatic heterocycles. The van der Waals surface area contributed by atoms with Crippen LogP contribution in [0.5, 0.6) is 5.75 Å². The molecular formula is C23H26N2O4. The number of carbonyl (C=O) groups excluding carboxylic acids is 3. The molecule has 2 aromatic carbocycles. The number of hydrogen-bond acceptors (Lipinski definition) is 4. The molecule has 0 aromatic heterocycles. The van der Waals surface area contributed by atoms with E-state index < -0.39 is 5.97 Å². The molecule has 2 N–H and O–H groups in total. The van der Waals surface area contributed by atoms with Crippen molar-refractivity contribution in [2.24, 2.45) is 5.92 Å². The van der Waals surface area contributed by atoms with Gasteiger partial charge in [0.1, 0.15) is 5.75 Å². The van der Waals surface area contributed by atoms with Crippen molar-refractivity contribution in [3.8, 4) is 5.75 Å². The van der Waals surface area contributed by atoms with Crippen molar-refractivity contribution in [1.82, 2.24) is 5.32 Å². The first kappa shape index (κ1) is 20.6. The molecule has 6 nitrogen and oxygen atoms in total. The van der Waals surface area contributed by atoms with Gasteiger partial charge < -0.3 is 15.4 Å². The Morgan fingerprint density at radius 2 is 1.79 bits per heavy atom. The number of anilines is 1. The average molecular weight is 394 g/mol. The lowest BCUT2D eigenvalue weighted by Crippen LogP contribution is -2.23. The molecule has 6 heteroatoms. The lowest BCUT2D eigenvalue weighted by molar-refractivity contribution is -0.131. The minimum atomic E-state index is -0.436. The smallest absolute Gasteiger partial charge is 0.308 e. The standard InChI is InChI=1S/C23H26N2O4/c1-16(26)29-21-11-5-9-19(14-21)23(28)24-15-18-8-4-10-20(12-18)25-22(27)13-17-6-2-3-7-17/h4-5,8-12,14,17H,2-3,6-7,13,15H2,1H3,(H,24,28)(H,25,27). The van der Waals surface area contributed by atoms with E-state index in [9.17, 15) is 14.4 Å². The van der Waals surface area contributed by atoms with Crippen LogP contribution in [0.4, 0.5) is 5.69 Å². The molecule has 0 atom stereocenters. The summed E-state index contributed by atoms with van der Waals surface area (Å²) in [5.41, 5.74) is 2.02. The van der Waals surface area contributed by atoms with Crippen molar-refractivity contribution in [1.29, 1.82) is 0 Å². The van der Waals surface area contributed by atoms with Crippen molar-refractivity contribution in [3.05, 3.63) is 59.7 Å². The first-order valence-electron chi connectivity index (χ1n) is 9.95. The maximum atomic E-state index is 12.4. The van der Waals surface area contributed by atoms with E-state index in [0.717, 1.165) is 24.1 Å². The first-order chi connectivity index (χ1) is 14.0. The molecule has 3 rings (SSSR count). The highest BCUT2D eigenvalue weighted by atomic mass is 16.5. The molecular weight excluding hydrogens is 368 g/mol. The number of nitrogens with one attached hydrogen (secondary N) is 2. The Hall–Kier alpha value is -3.15. The van der Waals surface area contributed by atoms with E-state index in [2.05, 4.69) is 10.6 Å². The normalized spacial score (nSPS) is 13.7. The summed E-state index contributed by atoms with van der Waals surface area (Å²) in [4.78, 5) is 35.7. The predicted molar refractivity (Wildman–Crippen MR) is 111 cm³/mol. The van der Waals surface area contributed by atoms with Crippen molar-refractivity contribution in [3.63, 3.8) is 0 Å². The van der Waals surface area contributed by atoms with Crippen LogP contribution in [0, 0.1) is 5.92 Å². The molecule has 1 fully saturated rings. The van der Waals surface area contributed by atoms with Crippen LogP contribution in [0.2, 0.25) is 0 Å². The summed E-state index contributed by atoms with van der Waals surface area (Å²) in [6.45, 7) is 1.63. The fourth-order valence-corrected chi connectivity index (χ4v) is 3.60. The summed E-state index contributed by atoms with van der Waals surface area (Å²) in [7, 11) is 0. The van der Waals surface area contributed by atoms with Crippen LogP contribution in [-0.2, 0) is 16.1 Å². The molecule has 1 saturated carbocycles. The van der Waals surface area contributed by atoms with Crippen LogP contribution < -0.4 is 15.4 Å². The van der Waals surface area contributed by atoms with Gasteiger partial charge in [0.05, 0.1) is 0 Å². The van der Waals surface area contributed by atoms with Gasteiger partial charge in [0.25, 0.3) is 5.91 Å². The second-order valence-electron chi connectivity index (χ2n) is 7.41. The number of amides is 2. The predicted octanol–water partition coefficient (Wildman–Crippen LogP) is 4.06. The molecule has 1 aliphatic carbocycles. The Labute approximate surface area is 170 Å². The van der Waals surface area contributed by atoms with Gasteiger partial charge in [-0.1, -0.05) is 31.0 Å². The van der Waals surface area contributed by atoms with E-state index in [1.807, 2.05) is 24.3 Å². The quantitative estimate of drug-likeness (QED) is 0.548. The van der Waals surface area contributed by atoms with Crippen LogP contribution in [0.25, 0.3) is 0 Å². The zero-order chi connectivity index (χ0) is 20.6. The summed E-state index contributed by atoms with van der Waals surface area (Å²) in [5, 5.41) is 5.80. The van der Waals surface area contributed by atoms with E-state index in [1.54, 1.807) is 18.2 Å². The van der Waals surface area contributed by atoms with Gasteiger partial charge in [-0.3, -0.25) is 14.4 Å². The van der Waals surface area contributed by atoms with E-state index in [0.29, 0.717) is 30.2 Å². The Balaban J connectivity index is 1.54. The molecule has 0 spiro atoms. The molecule has 29 heavy (non-hydrogen) atoms. The van der Waals surface area contributed by atoms with Crippen molar-refractivity contribution in [2.75, 3.05) is 5.32 Å². The molecule has 152 valence electrons. The maximum absolute atomic E-state index is 12.4. The molecule has 0 bridgehead atoms. The van der Waals surface area contributed by atoms with Gasteiger partial charge in [0.15, 0.2) is 0 Å². The number of benzene rings is 2. The Kier molecular flexibility index (Phi) is 7.00. The number of rotatable bonds is 7. The Morgan fingerprint density at radius 3 is 2.55 bits per heavy atom. The summed E-state index contributed by atoms with van der Waals surface area (Å²) in [6, 6.07) is 13.9. The SMILES string of the molecule is CC(=O)Oc1cccc(C(=O)NCc2cccc(NC(=O)CC3CCCC3)c2)c1. The van der Waals surface area contributed by atoms with Crippen LogP contribution in [0.3, 0.4) is 0 Å². The molecule has 1 aliphatic rings. The molecule has 0 unspecified atom stereocenters. The minimum absolute atomic E-state index is 0.0420. The highest BCUT2D eigenvalue weighted by Gasteiger charge is 2.18. The maximum Gasteiger partial charge on any atom is 0.308 e. The van der Waals surface area contributed by atoms with Crippen LogP contribution in [0.15, 0.2) is 48.5 Å². The largest absolute Gasteiger partial charge is 0.427 e. The van der Waals surface area contributed by atoms with Crippen molar-refractivity contribution >= 4 is 23.5 Å². The number of ether oxygens (including phenoxy) is 1. The highest BCUT2D eigenvalue weighted by molar-refractivity contribution is 5.94. The molecule has 2 aromatic rings. The fraction of sp³-hybridized carbons (Fsp3) is 0.348. The van der Waals surface area contributed by atoms with E-state index in [4.69, 9.17) is 4.74 Å². The van der Waals surface area contributed by atoms with E-state index in [-0.39, 0.29) is 11.8 Å². The van der Waals surface area contributed by atoms with Crippen LogP contribution in [0.1, 0.15) is 54.9 Å². The molecule has 0 saturated heterocycles.